The lowest BCUT2D eigenvalue weighted by Crippen LogP contribution is -2.27. The van der Waals surface area contributed by atoms with E-state index in [2.05, 4.69) is 22.2 Å². The van der Waals surface area contributed by atoms with Crippen LogP contribution < -0.4 is 5.32 Å². The smallest absolute Gasteiger partial charge is 0.356 e. The number of hydrogen-bond acceptors (Lipinski definition) is 5. The number of carboxylic acids is 1. The molecule has 120 valence electrons. The van der Waals surface area contributed by atoms with Crippen molar-refractivity contribution in [3.8, 4) is 0 Å². The van der Waals surface area contributed by atoms with Crippen molar-refractivity contribution in [3.05, 3.63) is 53.6 Å². The summed E-state index contributed by atoms with van der Waals surface area (Å²) >= 11 is 1.76. The van der Waals surface area contributed by atoms with E-state index >= 15 is 0 Å². The van der Waals surface area contributed by atoms with Gasteiger partial charge in [0, 0.05) is 4.90 Å². The molecule has 0 radical (unpaired) electrons. The van der Waals surface area contributed by atoms with Gasteiger partial charge in [0.05, 0.1) is 18.4 Å². The van der Waals surface area contributed by atoms with Gasteiger partial charge in [-0.3, -0.25) is 4.79 Å². The molecule has 1 atom stereocenters. The van der Waals surface area contributed by atoms with Gasteiger partial charge in [-0.25, -0.2) is 14.8 Å². The molecule has 7 heteroatoms. The zero-order valence-electron chi connectivity index (χ0n) is 12.8. The number of aromatic carboxylic acids is 1. The number of hydrogen-bond donors (Lipinski definition) is 2. The van der Waals surface area contributed by atoms with Crippen LogP contribution in [0.1, 0.15) is 46.4 Å². The van der Waals surface area contributed by atoms with E-state index in [0.717, 1.165) is 23.7 Å². The van der Waals surface area contributed by atoms with E-state index in [-0.39, 0.29) is 17.4 Å². The van der Waals surface area contributed by atoms with Crippen LogP contribution in [0, 0.1) is 0 Å². The molecule has 23 heavy (non-hydrogen) atoms. The third-order valence-corrected chi connectivity index (χ3v) is 4.04. The Balaban J connectivity index is 2.02. The highest BCUT2D eigenvalue weighted by Crippen LogP contribution is 2.20. The minimum Gasteiger partial charge on any atom is -0.476 e. The van der Waals surface area contributed by atoms with Gasteiger partial charge in [-0.05, 0) is 30.4 Å². The zero-order valence-corrected chi connectivity index (χ0v) is 13.6. The summed E-state index contributed by atoms with van der Waals surface area (Å²) in [5.41, 5.74) is 0.868. The van der Waals surface area contributed by atoms with E-state index in [1.54, 1.807) is 11.8 Å². The number of rotatable bonds is 6. The van der Waals surface area contributed by atoms with Crippen molar-refractivity contribution in [2.75, 3.05) is 5.75 Å². The van der Waals surface area contributed by atoms with Gasteiger partial charge in [0.1, 0.15) is 5.69 Å². The molecule has 0 aliphatic carbocycles. The van der Waals surface area contributed by atoms with Gasteiger partial charge in [0.2, 0.25) is 0 Å². The predicted octanol–water partition coefficient (Wildman–Crippen LogP) is 2.78. The fourth-order valence-electron chi connectivity index (χ4n) is 1.93. The second-order valence-corrected chi connectivity index (χ2v) is 6.13. The second kappa shape index (κ2) is 7.73. The van der Waals surface area contributed by atoms with E-state index in [1.807, 2.05) is 31.2 Å². The largest absolute Gasteiger partial charge is 0.476 e. The Hall–Kier alpha value is -2.41. The molecule has 0 aliphatic rings. The van der Waals surface area contributed by atoms with Crippen LogP contribution in [0.15, 0.2) is 41.6 Å². The summed E-state index contributed by atoms with van der Waals surface area (Å²) in [5, 5.41) is 11.6. The first-order chi connectivity index (χ1) is 11.0. The summed E-state index contributed by atoms with van der Waals surface area (Å²) in [6.07, 6.45) is 2.23. The van der Waals surface area contributed by atoms with Crippen LogP contribution in [0.3, 0.4) is 0 Å². The molecule has 2 rings (SSSR count). The van der Waals surface area contributed by atoms with E-state index in [1.165, 1.54) is 4.90 Å². The number of carbonyl (C=O) groups is 2. The lowest BCUT2D eigenvalue weighted by molar-refractivity contribution is 0.0689. The molecule has 6 nitrogen and oxygen atoms in total. The molecule has 0 spiro atoms. The number of amides is 1. The molecular weight excluding hydrogens is 314 g/mol. The number of benzene rings is 1. The van der Waals surface area contributed by atoms with Crippen molar-refractivity contribution in [3.63, 3.8) is 0 Å². The van der Waals surface area contributed by atoms with Gasteiger partial charge in [0.15, 0.2) is 5.69 Å². The molecule has 0 saturated heterocycles. The van der Waals surface area contributed by atoms with Crippen molar-refractivity contribution in [1.82, 2.24) is 15.3 Å². The summed E-state index contributed by atoms with van der Waals surface area (Å²) in [6, 6.07) is 7.80. The number of thioether (sulfide) groups is 1. The first-order valence-corrected chi connectivity index (χ1v) is 8.08. The maximum absolute atomic E-state index is 12.1. The van der Waals surface area contributed by atoms with Crippen molar-refractivity contribution < 1.29 is 14.7 Å². The SMILES string of the molecule is CCSc1ccc(C(C)NC(=O)c2cnc(C(=O)O)cn2)cc1. The summed E-state index contributed by atoms with van der Waals surface area (Å²) in [4.78, 5) is 31.5. The van der Waals surface area contributed by atoms with Crippen LogP contribution in [-0.2, 0) is 0 Å². The third-order valence-electron chi connectivity index (χ3n) is 3.14. The molecule has 0 aliphatic heterocycles. The fraction of sp³-hybridized carbons (Fsp3) is 0.250. The molecule has 1 aromatic heterocycles. The molecule has 1 heterocycles. The molecule has 0 bridgehead atoms. The number of carboxylic acid groups (broad SMARTS) is 1. The normalized spacial score (nSPS) is 11.7. The Morgan fingerprint density at radius 2 is 1.78 bits per heavy atom. The van der Waals surface area contributed by atoms with E-state index < -0.39 is 11.9 Å². The van der Waals surface area contributed by atoms with Crippen LogP contribution in [0.5, 0.6) is 0 Å². The maximum Gasteiger partial charge on any atom is 0.356 e. The Morgan fingerprint density at radius 3 is 2.30 bits per heavy atom. The van der Waals surface area contributed by atoms with Crippen molar-refractivity contribution in [2.24, 2.45) is 0 Å². The fourth-order valence-corrected chi connectivity index (χ4v) is 2.59. The highest BCUT2D eigenvalue weighted by molar-refractivity contribution is 7.99. The van der Waals surface area contributed by atoms with Gasteiger partial charge in [-0.15, -0.1) is 11.8 Å². The van der Waals surface area contributed by atoms with Crippen LogP contribution in [-0.4, -0.2) is 32.7 Å². The summed E-state index contributed by atoms with van der Waals surface area (Å²) < 4.78 is 0. The average Bonchev–Trinajstić information content (AvgIpc) is 2.55. The van der Waals surface area contributed by atoms with E-state index in [0.29, 0.717) is 0 Å². The van der Waals surface area contributed by atoms with Crippen LogP contribution in [0.2, 0.25) is 0 Å². The van der Waals surface area contributed by atoms with Crippen LogP contribution >= 0.6 is 11.8 Å². The highest BCUT2D eigenvalue weighted by atomic mass is 32.2. The lowest BCUT2D eigenvalue weighted by atomic mass is 10.1. The molecule has 0 fully saturated rings. The maximum atomic E-state index is 12.1. The van der Waals surface area contributed by atoms with E-state index in [4.69, 9.17) is 5.11 Å². The monoisotopic (exact) mass is 331 g/mol. The van der Waals surface area contributed by atoms with Gasteiger partial charge < -0.3 is 10.4 Å². The summed E-state index contributed by atoms with van der Waals surface area (Å²) in [7, 11) is 0. The van der Waals surface area contributed by atoms with Gasteiger partial charge >= 0.3 is 5.97 Å². The highest BCUT2D eigenvalue weighted by Gasteiger charge is 2.14. The first-order valence-electron chi connectivity index (χ1n) is 7.10. The second-order valence-electron chi connectivity index (χ2n) is 4.79. The van der Waals surface area contributed by atoms with Gasteiger partial charge in [-0.2, -0.15) is 0 Å². The Kier molecular flexibility index (Phi) is 5.70. The molecule has 1 aromatic carbocycles. The summed E-state index contributed by atoms with van der Waals surface area (Å²) in [6.45, 7) is 3.97. The average molecular weight is 331 g/mol. The first kappa shape index (κ1) is 17.0. The molecule has 2 N–H and O–H groups in total. The van der Waals surface area contributed by atoms with Crippen molar-refractivity contribution >= 4 is 23.6 Å². The van der Waals surface area contributed by atoms with Crippen LogP contribution in [0.4, 0.5) is 0 Å². The molecule has 0 saturated carbocycles. The number of nitrogens with zero attached hydrogens (tertiary/aromatic N) is 2. The molecule has 1 amide bonds. The standard InChI is InChI=1S/C16H17N3O3S/c1-3-23-12-6-4-11(5-7-12)10(2)19-15(20)13-8-18-14(9-17-13)16(21)22/h4-10H,3H2,1-2H3,(H,19,20)(H,21,22). The minimum atomic E-state index is -1.18. The molecule has 2 aromatic rings. The topological polar surface area (TPSA) is 92.2 Å². The summed E-state index contributed by atoms with van der Waals surface area (Å²) in [5.74, 6) is -0.562. The molecule has 1 unspecified atom stereocenters. The number of aromatic nitrogens is 2. The Labute approximate surface area is 138 Å². The van der Waals surface area contributed by atoms with Crippen molar-refractivity contribution in [2.45, 2.75) is 24.8 Å². The van der Waals surface area contributed by atoms with Crippen molar-refractivity contribution in [1.29, 1.82) is 0 Å². The number of nitrogens with one attached hydrogen (secondary N) is 1. The number of carbonyl (C=O) groups excluding carboxylic acids is 1. The van der Waals surface area contributed by atoms with Gasteiger partial charge in [-0.1, -0.05) is 19.1 Å². The minimum absolute atomic E-state index is 0.0833. The van der Waals surface area contributed by atoms with Gasteiger partial charge in [0.25, 0.3) is 5.91 Å². The van der Waals surface area contributed by atoms with Crippen LogP contribution in [0.25, 0.3) is 0 Å². The lowest BCUT2D eigenvalue weighted by Gasteiger charge is -2.14. The zero-order chi connectivity index (χ0) is 16.8. The predicted molar refractivity (Wildman–Crippen MR) is 87.7 cm³/mol. The molecular formula is C16H17N3O3S. The Bertz CT molecular complexity index is 687. The van der Waals surface area contributed by atoms with E-state index in [9.17, 15) is 9.59 Å². The Morgan fingerprint density at radius 1 is 1.17 bits per heavy atom. The quantitative estimate of drug-likeness (QED) is 0.791. The third kappa shape index (κ3) is 4.53.